The number of benzene rings is 1. The van der Waals surface area contributed by atoms with Crippen LogP contribution < -0.4 is 10.6 Å². The molecule has 0 aromatic heterocycles. The molecule has 0 atom stereocenters. The van der Waals surface area contributed by atoms with Crippen LogP contribution >= 0.6 is 27.5 Å². The molecular weight excluding hydrogens is 309 g/mol. The zero-order valence-electron chi connectivity index (χ0n) is 8.46. The summed E-state index contributed by atoms with van der Waals surface area (Å²) in [6.45, 7) is -0.215. The molecule has 0 aliphatic carbocycles. The van der Waals surface area contributed by atoms with E-state index in [0.717, 1.165) is 0 Å². The van der Waals surface area contributed by atoms with Gasteiger partial charge in [0.2, 0.25) is 0 Å². The Labute approximate surface area is 111 Å². The van der Waals surface area contributed by atoms with Gasteiger partial charge in [0.25, 0.3) is 0 Å². The van der Waals surface area contributed by atoms with Crippen molar-refractivity contribution in [2.24, 2.45) is 0 Å². The summed E-state index contributed by atoms with van der Waals surface area (Å²) in [7, 11) is 0. The van der Waals surface area contributed by atoms with Gasteiger partial charge in [0, 0.05) is 10.2 Å². The number of rotatable bonds is 2. The van der Waals surface area contributed by atoms with E-state index >= 15 is 0 Å². The number of carbonyl (C=O) groups excluding carboxylic acids is 2. The third-order valence-electron chi connectivity index (χ3n) is 1.71. The molecule has 0 aliphatic rings. The minimum atomic E-state index is -0.870. The molecule has 0 spiro atoms. The van der Waals surface area contributed by atoms with E-state index in [4.69, 9.17) is 16.9 Å². The van der Waals surface area contributed by atoms with Gasteiger partial charge in [-0.1, -0.05) is 11.6 Å². The van der Waals surface area contributed by atoms with Crippen LogP contribution in [-0.2, 0) is 9.59 Å². The largest absolute Gasteiger partial charge is 0.335 e. The molecule has 5 nitrogen and oxygen atoms in total. The normalized spacial score (nSPS) is 9.24. The first-order valence-electron chi connectivity index (χ1n) is 4.45. The first-order chi connectivity index (χ1) is 8.04. The molecule has 0 bridgehead atoms. The van der Waals surface area contributed by atoms with Crippen molar-refractivity contribution in [3.05, 3.63) is 27.7 Å². The molecule has 0 saturated carbocycles. The monoisotopic (exact) mass is 315 g/mol. The Balaban J connectivity index is 2.65. The number of hydrogen-bond donors (Lipinski definition) is 2. The number of nitrogens with one attached hydrogen (secondary N) is 2. The van der Waals surface area contributed by atoms with Crippen LogP contribution in [-0.4, -0.2) is 18.4 Å². The Morgan fingerprint density at radius 1 is 1.41 bits per heavy atom. The SMILES string of the molecule is N#CCNC(=O)C(=O)Nc1ccc(Br)c(Cl)c1. The molecule has 7 heteroatoms. The molecule has 88 valence electrons. The van der Waals surface area contributed by atoms with Gasteiger partial charge in [-0.3, -0.25) is 9.59 Å². The fraction of sp³-hybridized carbons (Fsp3) is 0.100. The third-order valence-corrected chi connectivity index (χ3v) is 2.94. The molecule has 0 unspecified atom stereocenters. The predicted molar refractivity (Wildman–Crippen MR) is 66.4 cm³/mol. The molecule has 2 N–H and O–H groups in total. The van der Waals surface area contributed by atoms with Crippen LogP contribution in [0, 0.1) is 11.3 Å². The number of amides is 2. The van der Waals surface area contributed by atoms with Crippen LogP contribution in [0.3, 0.4) is 0 Å². The van der Waals surface area contributed by atoms with Gasteiger partial charge in [0.15, 0.2) is 0 Å². The van der Waals surface area contributed by atoms with Crippen molar-refractivity contribution >= 4 is 45.0 Å². The standard InChI is InChI=1S/C10H7BrClN3O2/c11-7-2-1-6(5-8(7)12)15-10(17)9(16)14-4-3-13/h1-2,5H,4H2,(H,14,16)(H,15,17). The lowest BCUT2D eigenvalue weighted by Crippen LogP contribution is -2.35. The molecule has 0 aliphatic heterocycles. The first-order valence-corrected chi connectivity index (χ1v) is 5.63. The van der Waals surface area contributed by atoms with E-state index < -0.39 is 11.8 Å². The van der Waals surface area contributed by atoms with Gasteiger partial charge < -0.3 is 10.6 Å². The Hall–Kier alpha value is -1.58. The zero-order valence-corrected chi connectivity index (χ0v) is 10.8. The van der Waals surface area contributed by atoms with Gasteiger partial charge in [-0.15, -0.1) is 0 Å². The van der Waals surface area contributed by atoms with Gasteiger partial charge >= 0.3 is 11.8 Å². The van der Waals surface area contributed by atoms with Gasteiger partial charge in [-0.25, -0.2) is 0 Å². The van der Waals surface area contributed by atoms with Crippen LogP contribution in [0.15, 0.2) is 22.7 Å². The summed E-state index contributed by atoms with van der Waals surface area (Å²) in [6, 6.07) is 6.43. The van der Waals surface area contributed by atoms with Gasteiger partial charge in [0.05, 0.1) is 11.1 Å². The first kappa shape index (κ1) is 13.5. The number of anilines is 1. The predicted octanol–water partition coefficient (Wildman–Crippen LogP) is 1.68. The van der Waals surface area contributed by atoms with Crippen molar-refractivity contribution < 1.29 is 9.59 Å². The topological polar surface area (TPSA) is 82.0 Å². The molecule has 1 rings (SSSR count). The zero-order chi connectivity index (χ0) is 12.8. The molecular formula is C10H7BrClN3O2. The lowest BCUT2D eigenvalue weighted by Gasteiger charge is -2.05. The minimum Gasteiger partial charge on any atom is -0.335 e. The van der Waals surface area contributed by atoms with Crippen molar-refractivity contribution in [1.82, 2.24) is 5.32 Å². The second-order valence-electron chi connectivity index (χ2n) is 2.92. The Morgan fingerprint density at radius 3 is 2.71 bits per heavy atom. The van der Waals surface area contributed by atoms with Crippen molar-refractivity contribution in [1.29, 1.82) is 5.26 Å². The van der Waals surface area contributed by atoms with E-state index in [1.165, 1.54) is 6.07 Å². The molecule has 17 heavy (non-hydrogen) atoms. The summed E-state index contributed by atoms with van der Waals surface area (Å²) in [5.41, 5.74) is 0.398. The Kier molecular flexibility index (Phi) is 4.94. The number of carbonyl (C=O) groups is 2. The fourth-order valence-electron chi connectivity index (χ4n) is 0.962. The highest BCUT2D eigenvalue weighted by molar-refractivity contribution is 9.10. The lowest BCUT2D eigenvalue weighted by molar-refractivity contribution is -0.136. The van der Waals surface area contributed by atoms with Crippen LogP contribution in [0.2, 0.25) is 5.02 Å². The quantitative estimate of drug-likeness (QED) is 0.643. The van der Waals surface area contributed by atoms with Crippen molar-refractivity contribution in [2.45, 2.75) is 0 Å². The number of hydrogen-bond acceptors (Lipinski definition) is 3. The maximum absolute atomic E-state index is 11.3. The average molecular weight is 317 g/mol. The van der Waals surface area contributed by atoms with E-state index in [0.29, 0.717) is 15.2 Å². The Bertz CT molecular complexity index is 499. The van der Waals surface area contributed by atoms with Gasteiger partial charge in [-0.05, 0) is 34.1 Å². The highest BCUT2D eigenvalue weighted by atomic mass is 79.9. The summed E-state index contributed by atoms with van der Waals surface area (Å²) in [4.78, 5) is 22.5. The maximum atomic E-state index is 11.3. The molecule has 1 aromatic rings. The summed E-state index contributed by atoms with van der Waals surface area (Å²) >= 11 is 9.02. The van der Waals surface area contributed by atoms with Gasteiger partial charge in [0.1, 0.15) is 6.54 Å². The highest BCUT2D eigenvalue weighted by Crippen LogP contribution is 2.25. The van der Waals surface area contributed by atoms with Crippen LogP contribution in [0.1, 0.15) is 0 Å². The molecule has 0 radical (unpaired) electrons. The van der Waals surface area contributed by atoms with Crippen molar-refractivity contribution in [2.75, 3.05) is 11.9 Å². The number of halogens is 2. The second kappa shape index (κ2) is 6.23. The molecule has 0 fully saturated rings. The van der Waals surface area contributed by atoms with Crippen LogP contribution in [0.25, 0.3) is 0 Å². The average Bonchev–Trinajstić information content (AvgIpc) is 2.30. The number of nitriles is 1. The minimum absolute atomic E-state index is 0.215. The summed E-state index contributed by atoms with van der Waals surface area (Å²) in [5, 5.41) is 13.1. The maximum Gasteiger partial charge on any atom is 0.313 e. The molecule has 2 amide bonds. The van der Waals surface area contributed by atoms with Gasteiger partial charge in [-0.2, -0.15) is 5.26 Å². The highest BCUT2D eigenvalue weighted by Gasteiger charge is 2.13. The smallest absolute Gasteiger partial charge is 0.313 e. The summed E-state index contributed by atoms with van der Waals surface area (Å²) in [6.07, 6.45) is 0. The molecule has 0 saturated heterocycles. The van der Waals surface area contributed by atoms with E-state index in [2.05, 4.69) is 26.6 Å². The second-order valence-corrected chi connectivity index (χ2v) is 4.19. The Morgan fingerprint density at radius 2 is 2.12 bits per heavy atom. The third kappa shape index (κ3) is 4.06. The van der Waals surface area contributed by atoms with Crippen molar-refractivity contribution in [3.63, 3.8) is 0 Å². The summed E-state index contributed by atoms with van der Waals surface area (Å²) < 4.78 is 0.686. The van der Waals surface area contributed by atoms with E-state index in [1.54, 1.807) is 18.2 Å². The van der Waals surface area contributed by atoms with Crippen LogP contribution in [0.5, 0.6) is 0 Å². The lowest BCUT2D eigenvalue weighted by atomic mass is 10.3. The van der Waals surface area contributed by atoms with E-state index in [1.807, 2.05) is 0 Å². The van der Waals surface area contributed by atoms with E-state index in [9.17, 15) is 9.59 Å². The van der Waals surface area contributed by atoms with Crippen molar-refractivity contribution in [3.8, 4) is 6.07 Å². The van der Waals surface area contributed by atoms with Crippen LogP contribution in [0.4, 0.5) is 5.69 Å². The molecule has 1 aromatic carbocycles. The van der Waals surface area contributed by atoms with E-state index in [-0.39, 0.29) is 6.54 Å². The number of nitrogens with zero attached hydrogens (tertiary/aromatic N) is 1. The molecule has 0 heterocycles. The fourth-order valence-corrected chi connectivity index (χ4v) is 1.39. The summed E-state index contributed by atoms with van der Waals surface area (Å²) in [5.74, 6) is -1.72.